The molecule has 8 heteroatoms. The molecule has 0 saturated carbocycles. The van der Waals surface area contributed by atoms with Crippen molar-refractivity contribution in [1.29, 1.82) is 0 Å². The van der Waals surface area contributed by atoms with E-state index in [9.17, 15) is 19.7 Å². The van der Waals surface area contributed by atoms with E-state index in [0.717, 1.165) is 6.07 Å². The molecule has 2 rings (SSSR count). The molecule has 0 aliphatic carbocycles. The number of nitro groups is 1. The minimum Gasteiger partial charge on any atom is -0.394 e. The zero-order valence-electron chi connectivity index (χ0n) is 9.12. The number of nitrogen functional groups attached to an aromatic ring is 1. The average Bonchev–Trinajstić information content (AvgIpc) is 2.34. The maximum atomic E-state index is 10.6. The molecule has 8 nitrogen and oxygen atoms in total. The molecule has 0 atom stereocenters. The number of hydrogen-bond donors (Lipinski definition) is 3. The van der Waals surface area contributed by atoms with E-state index in [-0.39, 0.29) is 12.7 Å². The zero-order valence-corrected chi connectivity index (χ0v) is 9.12. The van der Waals surface area contributed by atoms with Crippen molar-refractivity contribution in [1.82, 2.24) is 9.97 Å². The summed E-state index contributed by atoms with van der Waals surface area (Å²) in [6, 6.07) is 5.79. The second-order valence-corrected chi connectivity index (χ2v) is 3.10. The maximum absolute atomic E-state index is 10.6. The third-order valence-electron chi connectivity index (χ3n) is 1.84. The van der Waals surface area contributed by atoms with Crippen LogP contribution in [-0.2, 0) is 0 Å². The monoisotopic (exact) mass is 252 g/mol. The van der Waals surface area contributed by atoms with E-state index >= 15 is 0 Å². The topological polar surface area (TPSA) is 135 Å². The lowest BCUT2D eigenvalue weighted by Crippen LogP contribution is -2.09. The smallest absolute Gasteiger partial charge is 0.333 e. The molecule has 0 bridgehead atoms. The van der Waals surface area contributed by atoms with E-state index in [1.165, 1.54) is 12.3 Å². The molecule has 0 fully saturated rings. The lowest BCUT2D eigenvalue weighted by Gasteiger charge is -1.85. The van der Waals surface area contributed by atoms with Crippen molar-refractivity contribution in [3.63, 3.8) is 0 Å². The highest BCUT2D eigenvalue weighted by Gasteiger charge is 2.07. The van der Waals surface area contributed by atoms with Gasteiger partial charge in [-0.05, 0) is 18.2 Å². The first kappa shape index (κ1) is 13.2. The Morgan fingerprint density at radius 3 is 2.00 bits per heavy atom. The number of nitrogens with one attached hydrogen (secondary N) is 2. The van der Waals surface area contributed by atoms with E-state index in [4.69, 9.17) is 5.73 Å². The van der Waals surface area contributed by atoms with Gasteiger partial charge in [-0.2, -0.15) is 0 Å². The molecule has 0 aliphatic heterocycles. The van der Waals surface area contributed by atoms with Gasteiger partial charge in [-0.25, -0.2) is 0 Å². The Hall–Kier alpha value is -2.90. The van der Waals surface area contributed by atoms with Gasteiger partial charge in [0.1, 0.15) is 0 Å². The first-order valence-electron chi connectivity index (χ1n) is 4.77. The van der Waals surface area contributed by atoms with Crippen LogP contribution < -0.4 is 16.9 Å². The maximum Gasteiger partial charge on any atom is 0.333 e. The Morgan fingerprint density at radius 2 is 1.67 bits per heavy atom. The predicted octanol–water partition coefficient (Wildman–Crippen LogP) is 0.486. The normalized spacial score (nSPS) is 9.11. The molecular formula is C10H12N4O4. The number of rotatable bonds is 1. The van der Waals surface area contributed by atoms with Crippen molar-refractivity contribution in [3.05, 3.63) is 67.5 Å². The highest BCUT2D eigenvalue weighted by atomic mass is 16.6. The van der Waals surface area contributed by atoms with Crippen LogP contribution in [0.25, 0.3) is 0 Å². The van der Waals surface area contributed by atoms with Crippen LogP contribution in [-0.4, -0.2) is 14.9 Å². The van der Waals surface area contributed by atoms with Gasteiger partial charge in [0, 0.05) is 19.9 Å². The Bertz CT molecular complexity index is 652. The van der Waals surface area contributed by atoms with Crippen LogP contribution in [0.1, 0.15) is 1.43 Å². The van der Waals surface area contributed by atoms with Crippen molar-refractivity contribution in [2.75, 3.05) is 5.73 Å². The third kappa shape index (κ3) is 3.59. The number of nitrogens with two attached hydrogens (primary N) is 1. The van der Waals surface area contributed by atoms with Gasteiger partial charge in [-0.3, -0.25) is 19.7 Å². The first-order chi connectivity index (χ1) is 8.52. The number of hydrogen-bond acceptors (Lipinski definition) is 5. The van der Waals surface area contributed by atoms with Crippen LogP contribution in [0.2, 0.25) is 0 Å². The second-order valence-electron chi connectivity index (χ2n) is 3.10. The Kier molecular flexibility index (Phi) is 4.38. The molecule has 2 heterocycles. The molecular weight excluding hydrogens is 240 g/mol. The summed E-state index contributed by atoms with van der Waals surface area (Å²) in [7, 11) is 0. The molecule has 0 aliphatic rings. The molecule has 2 aromatic rings. The van der Waals surface area contributed by atoms with Crippen molar-refractivity contribution in [2.24, 2.45) is 0 Å². The quantitative estimate of drug-likeness (QED) is 0.501. The van der Waals surface area contributed by atoms with Crippen LogP contribution in [0.4, 0.5) is 11.4 Å². The Balaban J connectivity index is 0.000000331. The summed E-state index contributed by atoms with van der Waals surface area (Å²) in [6.07, 6.45) is 2.88. The van der Waals surface area contributed by atoms with Crippen LogP contribution in [0.15, 0.2) is 46.2 Å². The fourth-order valence-electron chi connectivity index (χ4n) is 0.991. The van der Waals surface area contributed by atoms with Gasteiger partial charge >= 0.3 is 11.2 Å². The first-order valence-corrected chi connectivity index (χ1v) is 4.77. The SMILES string of the molecule is Nc1ccc[nH]c1=O.O=c1[nH]cccc1[N+](=O)[O-].[HH]. The van der Waals surface area contributed by atoms with Gasteiger partial charge in [0.05, 0.1) is 10.6 Å². The standard InChI is InChI=1S/C5H4N2O3.C5H6N2O.H2/c8-5-4(7(9)10)2-1-3-6-5;6-4-2-1-3-7-5(4)8;/h1-3H,(H,6,8);1-3H,6H2,(H,7,8);1H. The molecule has 0 saturated heterocycles. The summed E-state index contributed by atoms with van der Waals surface area (Å²) in [5.74, 6) is 0. The molecule has 0 amide bonds. The highest BCUT2D eigenvalue weighted by molar-refractivity contribution is 5.32. The number of nitrogens with zero attached hydrogens (tertiary/aromatic N) is 1. The van der Waals surface area contributed by atoms with Crippen molar-refractivity contribution in [3.8, 4) is 0 Å². The Labute approximate surface area is 102 Å². The van der Waals surface area contributed by atoms with Gasteiger partial charge in [0.2, 0.25) is 0 Å². The number of aromatic nitrogens is 2. The molecule has 18 heavy (non-hydrogen) atoms. The van der Waals surface area contributed by atoms with Gasteiger partial charge in [-0.1, -0.05) is 0 Å². The Morgan fingerprint density at radius 1 is 1.11 bits per heavy atom. The summed E-state index contributed by atoms with van der Waals surface area (Å²) < 4.78 is 0. The fourth-order valence-corrected chi connectivity index (χ4v) is 0.991. The van der Waals surface area contributed by atoms with Gasteiger partial charge in [0.15, 0.2) is 0 Å². The van der Waals surface area contributed by atoms with E-state index in [1.807, 2.05) is 0 Å². The van der Waals surface area contributed by atoms with Crippen LogP contribution in [0.5, 0.6) is 0 Å². The molecule has 0 spiro atoms. The number of aromatic amines is 2. The average molecular weight is 252 g/mol. The summed E-state index contributed by atoms with van der Waals surface area (Å²) in [6.45, 7) is 0. The number of H-pyrrole nitrogens is 2. The molecule has 0 radical (unpaired) electrons. The minimum atomic E-state index is -0.723. The fraction of sp³-hybridized carbons (Fsp3) is 0. The predicted molar refractivity (Wildman–Crippen MR) is 67.3 cm³/mol. The van der Waals surface area contributed by atoms with Crippen molar-refractivity contribution in [2.45, 2.75) is 0 Å². The second kappa shape index (κ2) is 5.99. The minimum absolute atomic E-state index is 0. The molecule has 2 aromatic heterocycles. The zero-order chi connectivity index (χ0) is 13.5. The third-order valence-corrected chi connectivity index (χ3v) is 1.84. The lowest BCUT2D eigenvalue weighted by atomic mass is 10.4. The number of anilines is 1. The van der Waals surface area contributed by atoms with Crippen molar-refractivity contribution < 1.29 is 6.35 Å². The van der Waals surface area contributed by atoms with Crippen LogP contribution >= 0.6 is 0 Å². The number of pyridine rings is 2. The van der Waals surface area contributed by atoms with E-state index in [2.05, 4.69) is 9.97 Å². The van der Waals surface area contributed by atoms with Gasteiger partial charge in [-0.15, -0.1) is 0 Å². The van der Waals surface area contributed by atoms with Crippen LogP contribution in [0.3, 0.4) is 0 Å². The highest BCUT2D eigenvalue weighted by Crippen LogP contribution is 1.98. The molecule has 96 valence electrons. The van der Waals surface area contributed by atoms with E-state index in [0.29, 0.717) is 0 Å². The largest absolute Gasteiger partial charge is 0.394 e. The molecule has 0 unspecified atom stereocenters. The molecule has 4 N–H and O–H groups in total. The lowest BCUT2D eigenvalue weighted by molar-refractivity contribution is -0.386. The van der Waals surface area contributed by atoms with Gasteiger partial charge < -0.3 is 15.7 Å². The van der Waals surface area contributed by atoms with Crippen molar-refractivity contribution >= 4 is 11.4 Å². The van der Waals surface area contributed by atoms with Gasteiger partial charge in [0.25, 0.3) is 5.56 Å². The summed E-state index contributed by atoms with van der Waals surface area (Å²) in [4.78, 5) is 34.9. The van der Waals surface area contributed by atoms with Crippen LogP contribution in [0, 0.1) is 10.1 Å². The molecule has 0 aromatic carbocycles. The summed E-state index contributed by atoms with van der Waals surface area (Å²) in [5, 5.41) is 10.0. The summed E-state index contributed by atoms with van der Waals surface area (Å²) >= 11 is 0. The van der Waals surface area contributed by atoms with E-state index in [1.54, 1.807) is 18.3 Å². The van der Waals surface area contributed by atoms with E-state index < -0.39 is 16.2 Å². The summed E-state index contributed by atoms with van der Waals surface area (Å²) in [5.41, 5.74) is 4.10.